The van der Waals surface area contributed by atoms with Crippen LogP contribution in [0.1, 0.15) is 20.3 Å². The first-order chi connectivity index (χ1) is 5.17. The molecule has 11 heavy (non-hydrogen) atoms. The average molecular weight is 161 g/mol. The van der Waals surface area contributed by atoms with E-state index in [0.29, 0.717) is 6.54 Å². The summed E-state index contributed by atoms with van der Waals surface area (Å²) in [7, 11) is 1.59. The van der Waals surface area contributed by atoms with Crippen molar-refractivity contribution in [3.63, 3.8) is 0 Å². The predicted octanol–water partition coefficient (Wildman–Crippen LogP) is 0.367. The molecule has 0 rings (SSSR count). The molecule has 0 aromatic heterocycles. The van der Waals surface area contributed by atoms with Crippen molar-refractivity contribution in [2.24, 2.45) is 11.7 Å². The second-order valence-electron chi connectivity index (χ2n) is 2.84. The lowest BCUT2D eigenvalue weighted by molar-refractivity contribution is -0.0303. The second-order valence-corrected chi connectivity index (χ2v) is 2.84. The summed E-state index contributed by atoms with van der Waals surface area (Å²) >= 11 is 0. The summed E-state index contributed by atoms with van der Waals surface area (Å²) in [6, 6.07) is 0. The molecule has 0 bridgehead atoms. The van der Waals surface area contributed by atoms with Crippen LogP contribution in [0.5, 0.6) is 0 Å². The van der Waals surface area contributed by atoms with Crippen molar-refractivity contribution >= 4 is 0 Å². The molecule has 0 amide bonds. The zero-order valence-corrected chi connectivity index (χ0v) is 7.58. The Morgan fingerprint density at radius 2 is 2.09 bits per heavy atom. The second kappa shape index (κ2) is 5.52. The van der Waals surface area contributed by atoms with Gasteiger partial charge >= 0.3 is 0 Å². The van der Waals surface area contributed by atoms with Crippen LogP contribution in [-0.2, 0) is 4.74 Å². The fourth-order valence-electron chi connectivity index (χ4n) is 1.07. The molecule has 3 heteroatoms. The van der Waals surface area contributed by atoms with E-state index in [1.54, 1.807) is 7.11 Å². The predicted molar refractivity (Wildman–Crippen MR) is 45.3 cm³/mol. The SMILES string of the molecule is CCC(CN)C(O)C(C)OC. The average Bonchev–Trinajstić information content (AvgIpc) is 2.05. The summed E-state index contributed by atoms with van der Waals surface area (Å²) in [5, 5.41) is 9.57. The van der Waals surface area contributed by atoms with Gasteiger partial charge in [0, 0.05) is 7.11 Å². The standard InChI is InChI=1S/C8H19NO2/c1-4-7(5-9)8(10)6(2)11-3/h6-8,10H,4-5,9H2,1-3H3. The number of hydrogen-bond donors (Lipinski definition) is 2. The van der Waals surface area contributed by atoms with Crippen LogP contribution in [0.3, 0.4) is 0 Å². The Balaban J connectivity index is 3.86. The highest BCUT2D eigenvalue weighted by Gasteiger charge is 2.21. The molecule has 3 unspecified atom stereocenters. The lowest BCUT2D eigenvalue weighted by atomic mass is 9.96. The van der Waals surface area contributed by atoms with Gasteiger partial charge in [0.05, 0.1) is 12.2 Å². The van der Waals surface area contributed by atoms with Crippen molar-refractivity contribution in [1.82, 2.24) is 0 Å². The van der Waals surface area contributed by atoms with Crippen molar-refractivity contribution in [2.45, 2.75) is 32.5 Å². The molecule has 3 nitrogen and oxygen atoms in total. The Morgan fingerprint density at radius 3 is 2.36 bits per heavy atom. The first-order valence-corrected chi connectivity index (χ1v) is 4.08. The Kier molecular flexibility index (Phi) is 5.46. The monoisotopic (exact) mass is 161 g/mol. The largest absolute Gasteiger partial charge is 0.390 e. The maximum Gasteiger partial charge on any atom is 0.0838 e. The molecule has 0 saturated carbocycles. The van der Waals surface area contributed by atoms with E-state index in [-0.39, 0.29) is 12.0 Å². The van der Waals surface area contributed by atoms with Gasteiger partial charge in [-0.2, -0.15) is 0 Å². The molecule has 0 radical (unpaired) electrons. The highest BCUT2D eigenvalue weighted by atomic mass is 16.5. The fraction of sp³-hybridized carbons (Fsp3) is 1.00. The molecule has 0 aliphatic rings. The lowest BCUT2D eigenvalue weighted by Gasteiger charge is -2.24. The topological polar surface area (TPSA) is 55.5 Å². The number of methoxy groups -OCH3 is 1. The number of aliphatic hydroxyl groups is 1. The Bertz CT molecular complexity index is 94.1. The number of hydrogen-bond acceptors (Lipinski definition) is 3. The molecule has 0 aromatic carbocycles. The fourth-order valence-corrected chi connectivity index (χ4v) is 1.07. The first kappa shape index (κ1) is 10.9. The van der Waals surface area contributed by atoms with Crippen LogP contribution in [-0.4, -0.2) is 31.0 Å². The van der Waals surface area contributed by atoms with E-state index in [2.05, 4.69) is 0 Å². The molecule has 0 spiro atoms. The third kappa shape index (κ3) is 3.18. The van der Waals surface area contributed by atoms with Gasteiger partial charge in [-0.3, -0.25) is 0 Å². The van der Waals surface area contributed by atoms with Gasteiger partial charge in [0.1, 0.15) is 0 Å². The van der Waals surface area contributed by atoms with Gasteiger partial charge in [-0.25, -0.2) is 0 Å². The van der Waals surface area contributed by atoms with Gasteiger partial charge < -0.3 is 15.6 Å². The summed E-state index contributed by atoms with van der Waals surface area (Å²) < 4.78 is 4.99. The zero-order chi connectivity index (χ0) is 8.85. The summed E-state index contributed by atoms with van der Waals surface area (Å²) in [5.41, 5.74) is 5.46. The number of ether oxygens (including phenoxy) is 1. The van der Waals surface area contributed by atoms with Gasteiger partial charge in [0.25, 0.3) is 0 Å². The zero-order valence-electron chi connectivity index (χ0n) is 7.58. The maximum atomic E-state index is 9.57. The summed E-state index contributed by atoms with van der Waals surface area (Å²) in [6.45, 7) is 4.39. The van der Waals surface area contributed by atoms with Crippen LogP contribution < -0.4 is 5.73 Å². The van der Waals surface area contributed by atoms with E-state index in [1.165, 1.54) is 0 Å². The van der Waals surface area contributed by atoms with E-state index in [9.17, 15) is 5.11 Å². The highest BCUT2D eigenvalue weighted by molar-refractivity contribution is 4.73. The third-order valence-corrected chi connectivity index (χ3v) is 2.16. The van der Waals surface area contributed by atoms with E-state index in [0.717, 1.165) is 6.42 Å². The van der Waals surface area contributed by atoms with E-state index < -0.39 is 6.10 Å². The highest BCUT2D eigenvalue weighted by Crippen LogP contribution is 2.11. The van der Waals surface area contributed by atoms with Crippen LogP contribution in [0.15, 0.2) is 0 Å². The van der Waals surface area contributed by atoms with Crippen molar-refractivity contribution < 1.29 is 9.84 Å². The van der Waals surface area contributed by atoms with Crippen LogP contribution in [0.4, 0.5) is 0 Å². The molecule has 68 valence electrons. The minimum atomic E-state index is -0.435. The van der Waals surface area contributed by atoms with Crippen LogP contribution in [0, 0.1) is 5.92 Å². The van der Waals surface area contributed by atoms with Crippen molar-refractivity contribution in [3.05, 3.63) is 0 Å². The number of aliphatic hydroxyl groups excluding tert-OH is 1. The third-order valence-electron chi connectivity index (χ3n) is 2.16. The molecule has 0 aromatic rings. The summed E-state index contributed by atoms with van der Waals surface area (Å²) in [4.78, 5) is 0. The molecule has 0 saturated heterocycles. The van der Waals surface area contributed by atoms with Crippen molar-refractivity contribution in [1.29, 1.82) is 0 Å². The normalized spacial score (nSPS) is 19.4. The molecular formula is C8H19NO2. The summed E-state index contributed by atoms with van der Waals surface area (Å²) in [6.07, 6.45) is 0.337. The van der Waals surface area contributed by atoms with Gasteiger partial charge in [-0.1, -0.05) is 6.92 Å². The molecular weight excluding hydrogens is 142 g/mol. The van der Waals surface area contributed by atoms with Crippen molar-refractivity contribution in [3.8, 4) is 0 Å². The quantitative estimate of drug-likeness (QED) is 0.612. The first-order valence-electron chi connectivity index (χ1n) is 4.08. The Hall–Kier alpha value is -0.120. The van der Waals surface area contributed by atoms with Crippen LogP contribution in [0.2, 0.25) is 0 Å². The molecule has 3 N–H and O–H groups in total. The Labute approximate surface area is 68.5 Å². The number of rotatable bonds is 5. The number of nitrogens with two attached hydrogens (primary N) is 1. The van der Waals surface area contributed by atoms with E-state index >= 15 is 0 Å². The van der Waals surface area contributed by atoms with Gasteiger partial charge in [0.15, 0.2) is 0 Å². The summed E-state index contributed by atoms with van der Waals surface area (Å²) in [5.74, 6) is 0.157. The molecule has 0 heterocycles. The van der Waals surface area contributed by atoms with Gasteiger partial charge in [-0.05, 0) is 25.8 Å². The Morgan fingerprint density at radius 1 is 1.55 bits per heavy atom. The van der Waals surface area contributed by atoms with Crippen molar-refractivity contribution in [2.75, 3.05) is 13.7 Å². The minimum absolute atomic E-state index is 0.122. The van der Waals surface area contributed by atoms with E-state index in [1.807, 2.05) is 13.8 Å². The molecule has 0 aliphatic heterocycles. The smallest absolute Gasteiger partial charge is 0.0838 e. The minimum Gasteiger partial charge on any atom is -0.390 e. The van der Waals surface area contributed by atoms with E-state index in [4.69, 9.17) is 10.5 Å². The van der Waals surface area contributed by atoms with Crippen LogP contribution >= 0.6 is 0 Å². The van der Waals surface area contributed by atoms with Crippen LogP contribution in [0.25, 0.3) is 0 Å². The lowest BCUT2D eigenvalue weighted by Crippen LogP contribution is -2.36. The molecule has 0 aliphatic carbocycles. The molecule has 0 fully saturated rings. The molecule has 3 atom stereocenters. The van der Waals surface area contributed by atoms with Gasteiger partial charge in [-0.15, -0.1) is 0 Å². The maximum absolute atomic E-state index is 9.57. The van der Waals surface area contributed by atoms with Gasteiger partial charge in [0.2, 0.25) is 0 Å².